The first-order valence-electron chi connectivity index (χ1n) is 5.81. The Hall–Kier alpha value is -1.42. The molecule has 17 heavy (non-hydrogen) atoms. The van der Waals surface area contributed by atoms with Gasteiger partial charge in [0.15, 0.2) is 0 Å². The zero-order valence-corrected chi connectivity index (χ0v) is 10.6. The van der Waals surface area contributed by atoms with Crippen LogP contribution in [0.2, 0.25) is 0 Å². The lowest BCUT2D eigenvalue weighted by atomic mass is 9.94. The summed E-state index contributed by atoms with van der Waals surface area (Å²) in [6.45, 7) is 6.07. The highest BCUT2D eigenvalue weighted by Gasteiger charge is 2.22. The molecule has 0 spiro atoms. The molecule has 0 bridgehead atoms. The second kappa shape index (κ2) is 5.77. The lowest BCUT2D eigenvalue weighted by molar-refractivity contribution is 0.0368. The summed E-state index contributed by atoms with van der Waals surface area (Å²) in [4.78, 5) is 15.6. The summed E-state index contributed by atoms with van der Waals surface area (Å²) in [5.74, 6) is 0.208. The fourth-order valence-corrected chi connectivity index (χ4v) is 1.83. The van der Waals surface area contributed by atoms with Gasteiger partial charge in [-0.2, -0.15) is 0 Å². The Bertz CT molecular complexity index is 361. The summed E-state index contributed by atoms with van der Waals surface area (Å²) in [5, 5.41) is 12.8. The molecule has 0 radical (unpaired) electrons. The van der Waals surface area contributed by atoms with Crippen LogP contribution in [0.5, 0.6) is 0 Å². The van der Waals surface area contributed by atoms with Crippen LogP contribution in [0.3, 0.4) is 0 Å². The molecule has 1 atom stereocenters. The van der Waals surface area contributed by atoms with Crippen LogP contribution in [-0.2, 0) is 0 Å². The molecular weight excluding hydrogens is 216 g/mol. The van der Waals surface area contributed by atoms with Crippen LogP contribution in [0.1, 0.15) is 37.6 Å². The second-order valence-corrected chi connectivity index (χ2v) is 5.01. The maximum Gasteiger partial charge on any atom is 0.251 e. The highest BCUT2D eigenvalue weighted by atomic mass is 16.3. The van der Waals surface area contributed by atoms with E-state index in [2.05, 4.69) is 10.3 Å². The van der Waals surface area contributed by atoms with E-state index >= 15 is 0 Å². The van der Waals surface area contributed by atoms with E-state index in [9.17, 15) is 9.90 Å². The Balaban J connectivity index is 2.48. The van der Waals surface area contributed by atoms with Crippen LogP contribution in [0.25, 0.3) is 0 Å². The predicted octanol–water partition coefficient (Wildman–Crippen LogP) is 1.61. The molecule has 0 aliphatic heterocycles. The maximum absolute atomic E-state index is 11.7. The van der Waals surface area contributed by atoms with Gasteiger partial charge >= 0.3 is 0 Å². The quantitative estimate of drug-likeness (QED) is 0.816. The van der Waals surface area contributed by atoms with E-state index in [1.807, 2.05) is 13.8 Å². The molecule has 1 unspecified atom stereocenters. The first-order chi connectivity index (χ1) is 7.91. The third-order valence-electron chi connectivity index (χ3n) is 2.42. The molecule has 0 saturated heterocycles. The van der Waals surface area contributed by atoms with Gasteiger partial charge < -0.3 is 10.4 Å². The molecule has 4 heteroatoms. The maximum atomic E-state index is 11.7. The van der Waals surface area contributed by atoms with Gasteiger partial charge in [0.2, 0.25) is 0 Å². The van der Waals surface area contributed by atoms with Gasteiger partial charge in [-0.25, -0.2) is 0 Å². The van der Waals surface area contributed by atoms with Crippen molar-refractivity contribution in [3.63, 3.8) is 0 Å². The van der Waals surface area contributed by atoms with Gasteiger partial charge in [-0.15, -0.1) is 0 Å². The van der Waals surface area contributed by atoms with Crippen molar-refractivity contribution in [2.45, 2.75) is 32.8 Å². The minimum absolute atomic E-state index is 0.184. The van der Waals surface area contributed by atoms with Crippen LogP contribution in [0.15, 0.2) is 24.5 Å². The van der Waals surface area contributed by atoms with Crippen molar-refractivity contribution in [1.82, 2.24) is 10.3 Å². The predicted molar refractivity (Wildman–Crippen MR) is 66.6 cm³/mol. The highest BCUT2D eigenvalue weighted by molar-refractivity contribution is 5.93. The zero-order valence-electron chi connectivity index (χ0n) is 10.6. The molecule has 0 aromatic carbocycles. The van der Waals surface area contributed by atoms with E-state index in [1.54, 1.807) is 31.5 Å². The van der Waals surface area contributed by atoms with Crippen molar-refractivity contribution >= 4 is 5.91 Å². The van der Waals surface area contributed by atoms with Gasteiger partial charge in [0.25, 0.3) is 5.91 Å². The summed E-state index contributed by atoms with van der Waals surface area (Å²) in [7, 11) is 0. The van der Waals surface area contributed by atoms with Gasteiger partial charge in [0, 0.05) is 24.5 Å². The lowest BCUT2D eigenvalue weighted by Crippen LogP contribution is -2.41. The standard InChI is InChI=1S/C13H20N2O2/c1-10(2)8-13(3,17)9-15-12(16)11-4-6-14-7-5-11/h4-7,10,17H,8-9H2,1-3H3,(H,15,16). The first-order valence-corrected chi connectivity index (χ1v) is 5.81. The van der Waals surface area contributed by atoms with Gasteiger partial charge in [-0.3, -0.25) is 9.78 Å². The number of pyridine rings is 1. The summed E-state index contributed by atoms with van der Waals surface area (Å²) in [6.07, 6.45) is 3.80. The normalized spacial score (nSPS) is 14.4. The van der Waals surface area contributed by atoms with E-state index < -0.39 is 5.60 Å². The van der Waals surface area contributed by atoms with E-state index in [-0.39, 0.29) is 12.5 Å². The van der Waals surface area contributed by atoms with Crippen LogP contribution >= 0.6 is 0 Å². The third-order valence-corrected chi connectivity index (χ3v) is 2.42. The summed E-state index contributed by atoms with van der Waals surface area (Å²) in [5.41, 5.74) is -0.308. The molecule has 0 aliphatic carbocycles. The van der Waals surface area contributed by atoms with Gasteiger partial charge in [0.1, 0.15) is 0 Å². The number of aromatic nitrogens is 1. The number of rotatable bonds is 5. The van der Waals surface area contributed by atoms with Crippen molar-refractivity contribution in [1.29, 1.82) is 0 Å². The number of carbonyl (C=O) groups is 1. The average molecular weight is 236 g/mol. The van der Waals surface area contributed by atoms with Crippen molar-refractivity contribution < 1.29 is 9.90 Å². The van der Waals surface area contributed by atoms with E-state index in [0.29, 0.717) is 17.9 Å². The molecule has 0 aliphatic rings. The number of aliphatic hydroxyl groups is 1. The molecule has 4 nitrogen and oxygen atoms in total. The van der Waals surface area contributed by atoms with Crippen molar-refractivity contribution in [3.05, 3.63) is 30.1 Å². The minimum Gasteiger partial charge on any atom is -0.388 e. The molecule has 0 fully saturated rings. The summed E-state index contributed by atoms with van der Waals surface area (Å²) < 4.78 is 0. The molecule has 1 aromatic heterocycles. The average Bonchev–Trinajstić information content (AvgIpc) is 2.25. The Labute approximate surface area is 102 Å². The van der Waals surface area contributed by atoms with Crippen LogP contribution in [0, 0.1) is 5.92 Å². The largest absolute Gasteiger partial charge is 0.388 e. The van der Waals surface area contributed by atoms with Gasteiger partial charge in [-0.1, -0.05) is 13.8 Å². The van der Waals surface area contributed by atoms with Gasteiger partial charge in [0.05, 0.1) is 5.60 Å². The van der Waals surface area contributed by atoms with Gasteiger partial charge in [-0.05, 0) is 31.4 Å². The zero-order chi connectivity index (χ0) is 12.9. The first kappa shape index (κ1) is 13.6. The molecular formula is C13H20N2O2. The van der Waals surface area contributed by atoms with E-state index in [4.69, 9.17) is 0 Å². The number of nitrogens with one attached hydrogen (secondary N) is 1. The molecule has 1 heterocycles. The lowest BCUT2D eigenvalue weighted by Gasteiger charge is -2.25. The number of hydrogen-bond donors (Lipinski definition) is 2. The minimum atomic E-state index is -0.864. The molecule has 2 N–H and O–H groups in total. The molecule has 1 rings (SSSR count). The monoisotopic (exact) mass is 236 g/mol. The fourth-order valence-electron chi connectivity index (χ4n) is 1.83. The Kier molecular flexibility index (Phi) is 4.63. The van der Waals surface area contributed by atoms with Crippen LogP contribution in [0.4, 0.5) is 0 Å². The van der Waals surface area contributed by atoms with Crippen molar-refractivity contribution in [3.8, 4) is 0 Å². The van der Waals surface area contributed by atoms with E-state index in [1.165, 1.54) is 0 Å². The SMILES string of the molecule is CC(C)CC(C)(O)CNC(=O)c1ccncc1. The van der Waals surface area contributed by atoms with Crippen molar-refractivity contribution in [2.24, 2.45) is 5.92 Å². The van der Waals surface area contributed by atoms with Crippen LogP contribution < -0.4 is 5.32 Å². The number of hydrogen-bond acceptors (Lipinski definition) is 3. The van der Waals surface area contributed by atoms with Crippen molar-refractivity contribution in [2.75, 3.05) is 6.54 Å². The Morgan fingerprint density at radius 1 is 1.47 bits per heavy atom. The smallest absolute Gasteiger partial charge is 0.251 e. The second-order valence-electron chi connectivity index (χ2n) is 5.01. The number of amides is 1. The highest BCUT2D eigenvalue weighted by Crippen LogP contribution is 2.15. The Morgan fingerprint density at radius 3 is 2.59 bits per heavy atom. The third kappa shape index (κ3) is 4.95. The molecule has 0 saturated carbocycles. The topological polar surface area (TPSA) is 62.2 Å². The van der Waals surface area contributed by atoms with E-state index in [0.717, 1.165) is 0 Å². The molecule has 94 valence electrons. The number of carbonyl (C=O) groups excluding carboxylic acids is 1. The Morgan fingerprint density at radius 2 is 2.06 bits per heavy atom. The fraction of sp³-hybridized carbons (Fsp3) is 0.538. The summed E-state index contributed by atoms with van der Waals surface area (Å²) in [6, 6.07) is 3.29. The number of nitrogens with zero attached hydrogens (tertiary/aromatic N) is 1. The van der Waals surface area contributed by atoms with Crippen LogP contribution in [-0.4, -0.2) is 28.1 Å². The molecule has 1 aromatic rings. The summed E-state index contributed by atoms with van der Waals surface area (Å²) >= 11 is 0. The molecule has 1 amide bonds.